The SMILES string of the molecule is CCc1cc(O[C@]2(O)[C@@H](O)O[C@H](CO)[C@@H](O)[C@@H]2O)c2c(CCc3ccc4c(c3)CCO4)n[nH]c2c1. The van der Waals surface area contributed by atoms with Crippen LogP contribution in [0.15, 0.2) is 30.3 Å². The second-order valence-electron chi connectivity index (χ2n) is 9.08. The smallest absolute Gasteiger partial charge is 0.288 e. The predicted molar refractivity (Wildman–Crippen MR) is 124 cm³/mol. The lowest BCUT2D eigenvalue weighted by molar-refractivity contribution is -0.385. The fourth-order valence-corrected chi connectivity index (χ4v) is 4.74. The number of aliphatic hydroxyl groups excluding tert-OH is 4. The van der Waals surface area contributed by atoms with Crippen molar-refractivity contribution < 1.29 is 39.7 Å². The van der Waals surface area contributed by atoms with Crippen LogP contribution in [0, 0.1) is 0 Å². The third kappa shape index (κ3) is 4.26. The van der Waals surface area contributed by atoms with E-state index in [-0.39, 0.29) is 5.75 Å². The monoisotopic (exact) mass is 486 g/mol. The van der Waals surface area contributed by atoms with Crippen molar-refractivity contribution in [2.45, 2.75) is 63.0 Å². The summed E-state index contributed by atoms with van der Waals surface area (Å²) in [5.74, 6) is -1.56. The molecule has 3 aromatic rings. The summed E-state index contributed by atoms with van der Waals surface area (Å²) in [6, 6.07) is 9.78. The van der Waals surface area contributed by atoms with E-state index in [9.17, 15) is 25.5 Å². The first-order valence-electron chi connectivity index (χ1n) is 11.8. The average Bonchev–Trinajstić information content (AvgIpc) is 3.50. The molecule has 1 saturated heterocycles. The second kappa shape index (κ2) is 9.38. The molecule has 0 unspecified atom stereocenters. The molecule has 10 heteroatoms. The van der Waals surface area contributed by atoms with Crippen LogP contribution >= 0.6 is 0 Å². The molecule has 3 heterocycles. The molecule has 2 aromatic carbocycles. The van der Waals surface area contributed by atoms with E-state index < -0.39 is 37.0 Å². The van der Waals surface area contributed by atoms with Crippen molar-refractivity contribution in [2.24, 2.45) is 0 Å². The van der Waals surface area contributed by atoms with Crippen LogP contribution in [0.2, 0.25) is 0 Å². The van der Waals surface area contributed by atoms with Crippen LogP contribution in [0.3, 0.4) is 0 Å². The van der Waals surface area contributed by atoms with Crippen LogP contribution in [-0.2, 0) is 30.4 Å². The predicted octanol–water partition coefficient (Wildman–Crippen LogP) is 0.344. The van der Waals surface area contributed by atoms with Crippen LogP contribution in [0.1, 0.15) is 29.3 Å². The van der Waals surface area contributed by atoms with Crippen molar-refractivity contribution in [3.63, 3.8) is 0 Å². The lowest BCUT2D eigenvalue weighted by Gasteiger charge is -2.45. The molecule has 5 atom stereocenters. The number of aliphatic hydroxyl groups is 5. The Morgan fingerprint density at radius 3 is 2.74 bits per heavy atom. The maximum Gasteiger partial charge on any atom is 0.288 e. The highest BCUT2D eigenvalue weighted by atomic mass is 16.7. The van der Waals surface area contributed by atoms with Crippen molar-refractivity contribution in [1.29, 1.82) is 0 Å². The average molecular weight is 487 g/mol. The number of hydrogen-bond donors (Lipinski definition) is 6. The first kappa shape index (κ1) is 24.0. The summed E-state index contributed by atoms with van der Waals surface area (Å²) < 4.78 is 16.5. The van der Waals surface area contributed by atoms with Crippen molar-refractivity contribution in [3.8, 4) is 11.5 Å². The highest BCUT2D eigenvalue weighted by molar-refractivity contribution is 5.88. The van der Waals surface area contributed by atoms with E-state index in [2.05, 4.69) is 16.3 Å². The molecule has 0 radical (unpaired) electrons. The number of H-pyrrole nitrogens is 1. The minimum absolute atomic E-state index is 0.185. The number of aryl methyl sites for hydroxylation is 3. The topological polar surface area (TPSA) is 158 Å². The lowest BCUT2D eigenvalue weighted by atomic mass is 9.95. The van der Waals surface area contributed by atoms with E-state index in [1.165, 1.54) is 5.56 Å². The maximum atomic E-state index is 11.1. The Hall–Kier alpha value is -2.73. The number of nitrogens with one attached hydrogen (secondary N) is 1. The third-order valence-electron chi connectivity index (χ3n) is 6.81. The summed E-state index contributed by atoms with van der Waals surface area (Å²) in [6.07, 6.45) is -4.07. The van der Waals surface area contributed by atoms with Gasteiger partial charge in [0.1, 0.15) is 23.7 Å². The van der Waals surface area contributed by atoms with Crippen LogP contribution in [0.4, 0.5) is 0 Å². The molecule has 0 spiro atoms. The van der Waals surface area contributed by atoms with Gasteiger partial charge in [0.2, 0.25) is 6.29 Å². The third-order valence-corrected chi connectivity index (χ3v) is 6.81. The molecule has 35 heavy (non-hydrogen) atoms. The summed E-state index contributed by atoms with van der Waals surface area (Å²) in [5.41, 5.74) is 4.57. The van der Waals surface area contributed by atoms with Crippen molar-refractivity contribution >= 4 is 10.9 Å². The zero-order valence-corrected chi connectivity index (χ0v) is 19.3. The van der Waals surface area contributed by atoms with Gasteiger partial charge >= 0.3 is 0 Å². The number of aromatic nitrogens is 2. The van der Waals surface area contributed by atoms with Gasteiger partial charge in [0.25, 0.3) is 5.79 Å². The minimum Gasteiger partial charge on any atom is -0.493 e. The molecule has 0 aliphatic carbocycles. The van der Waals surface area contributed by atoms with E-state index in [1.807, 2.05) is 25.1 Å². The molecule has 0 bridgehead atoms. The first-order valence-corrected chi connectivity index (χ1v) is 11.8. The zero-order valence-electron chi connectivity index (χ0n) is 19.3. The van der Waals surface area contributed by atoms with Crippen LogP contribution in [-0.4, -0.2) is 79.3 Å². The van der Waals surface area contributed by atoms with Gasteiger partial charge in [-0.25, -0.2) is 0 Å². The number of aromatic amines is 1. The minimum atomic E-state index is -2.67. The Morgan fingerprint density at radius 1 is 1.14 bits per heavy atom. The Kier molecular flexibility index (Phi) is 6.43. The molecule has 6 N–H and O–H groups in total. The van der Waals surface area contributed by atoms with E-state index >= 15 is 0 Å². The quantitative estimate of drug-likeness (QED) is 0.259. The molecule has 0 saturated carbocycles. The van der Waals surface area contributed by atoms with Crippen LogP contribution < -0.4 is 9.47 Å². The van der Waals surface area contributed by atoms with E-state index in [0.29, 0.717) is 42.5 Å². The summed E-state index contributed by atoms with van der Waals surface area (Å²) in [5, 5.41) is 59.7. The Bertz CT molecular complexity index is 1210. The lowest BCUT2D eigenvalue weighted by Crippen LogP contribution is -2.69. The second-order valence-corrected chi connectivity index (χ2v) is 9.08. The summed E-state index contributed by atoms with van der Waals surface area (Å²) in [6.45, 7) is 2.00. The van der Waals surface area contributed by atoms with Crippen molar-refractivity contribution in [2.75, 3.05) is 13.2 Å². The van der Waals surface area contributed by atoms with Crippen LogP contribution in [0.5, 0.6) is 11.5 Å². The van der Waals surface area contributed by atoms with Gasteiger partial charge in [-0.05, 0) is 54.2 Å². The van der Waals surface area contributed by atoms with Gasteiger partial charge in [-0.1, -0.05) is 19.1 Å². The van der Waals surface area contributed by atoms with Crippen molar-refractivity contribution in [3.05, 3.63) is 52.7 Å². The Morgan fingerprint density at radius 2 is 1.97 bits per heavy atom. The number of ether oxygens (including phenoxy) is 3. The summed E-state index contributed by atoms with van der Waals surface area (Å²) >= 11 is 0. The van der Waals surface area contributed by atoms with Gasteiger partial charge in [-0.2, -0.15) is 5.10 Å². The maximum absolute atomic E-state index is 11.1. The number of rotatable bonds is 7. The molecule has 0 amide bonds. The summed E-state index contributed by atoms with van der Waals surface area (Å²) in [4.78, 5) is 0. The van der Waals surface area contributed by atoms with E-state index in [0.717, 1.165) is 23.3 Å². The fourth-order valence-electron chi connectivity index (χ4n) is 4.74. The number of benzene rings is 2. The Balaban J connectivity index is 1.46. The van der Waals surface area contributed by atoms with Gasteiger partial charge in [0.15, 0.2) is 6.10 Å². The van der Waals surface area contributed by atoms with Gasteiger partial charge in [0.05, 0.1) is 29.8 Å². The van der Waals surface area contributed by atoms with E-state index in [1.54, 1.807) is 6.07 Å². The molecule has 5 rings (SSSR count). The molecule has 1 fully saturated rings. The van der Waals surface area contributed by atoms with Gasteiger partial charge in [-0.3, -0.25) is 5.10 Å². The van der Waals surface area contributed by atoms with Gasteiger partial charge < -0.3 is 39.7 Å². The molecular weight excluding hydrogens is 456 g/mol. The number of hydrogen-bond acceptors (Lipinski definition) is 9. The molecule has 2 aliphatic rings. The molecule has 10 nitrogen and oxygen atoms in total. The largest absolute Gasteiger partial charge is 0.493 e. The Labute approximate surface area is 201 Å². The highest BCUT2D eigenvalue weighted by Crippen LogP contribution is 2.37. The normalized spacial score (nSPS) is 28.2. The number of nitrogens with zero attached hydrogens (tertiary/aromatic N) is 1. The summed E-state index contributed by atoms with van der Waals surface area (Å²) in [7, 11) is 0. The van der Waals surface area contributed by atoms with E-state index in [4.69, 9.17) is 14.2 Å². The van der Waals surface area contributed by atoms with Crippen molar-refractivity contribution in [1.82, 2.24) is 10.2 Å². The molecule has 2 aliphatic heterocycles. The highest BCUT2D eigenvalue weighted by Gasteiger charge is 2.57. The first-order chi connectivity index (χ1) is 16.8. The number of fused-ring (bicyclic) bond motifs is 2. The zero-order chi connectivity index (χ0) is 24.7. The molecule has 1 aromatic heterocycles. The van der Waals surface area contributed by atoms with Gasteiger partial charge in [-0.15, -0.1) is 0 Å². The standard InChI is InChI=1S/C25H30N2O8/c1-2-13-10-17-21(16(26-27-17)5-3-14-4-6-18-15(9-14)7-8-33-18)19(11-13)35-25(32)23(30)22(29)20(12-28)34-24(25)31/h4,6,9-11,20,22-24,28-32H,2-3,5,7-8,12H2,1H3,(H,26,27)/t20-,22-,23+,24+,25+/m1/s1. The molecular formula is C25H30N2O8. The van der Waals surface area contributed by atoms with Crippen LogP contribution in [0.25, 0.3) is 10.9 Å². The van der Waals surface area contributed by atoms with Gasteiger partial charge in [0, 0.05) is 6.42 Å². The fraction of sp³-hybridized carbons (Fsp3) is 0.480. The molecule has 188 valence electrons.